The van der Waals surface area contributed by atoms with Crippen LogP contribution in [0.3, 0.4) is 0 Å². The highest BCUT2D eigenvalue weighted by molar-refractivity contribution is 7.99. The van der Waals surface area contributed by atoms with Crippen molar-refractivity contribution in [3.05, 3.63) is 65.2 Å². The van der Waals surface area contributed by atoms with E-state index in [1.54, 1.807) is 11.8 Å². The first kappa shape index (κ1) is 18.9. The van der Waals surface area contributed by atoms with Crippen molar-refractivity contribution in [2.75, 3.05) is 5.75 Å². The van der Waals surface area contributed by atoms with Gasteiger partial charge in [-0.05, 0) is 51.0 Å². The van der Waals surface area contributed by atoms with E-state index in [9.17, 15) is 4.79 Å². The third kappa shape index (κ3) is 6.21. The van der Waals surface area contributed by atoms with Gasteiger partial charge >= 0.3 is 5.97 Å². The van der Waals surface area contributed by atoms with E-state index in [1.807, 2.05) is 75.4 Å². The molecule has 0 heterocycles. The van der Waals surface area contributed by atoms with E-state index in [0.29, 0.717) is 17.2 Å². The average molecular weight is 363 g/mol. The van der Waals surface area contributed by atoms with Crippen LogP contribution in [0, 0.1) is 5.92 Å². The molecule has 0 bridgehead atoms. The lowest BCUT2D eigenvalue weighted by Crippen LogP contribution is -2.31. The number of benzene rings is 2. The van der Waals surface area contributed by atoms with Gasteiger partial charge in [0.1, 0.15) is 5.60 Å². The number of thioether (sulfide) groups is 1. The molecule has 0 aliphatic heterocycles. The van der Waals surface area contributed by atoms with Gasteiger partial charge in [-0.15, -0.1) is 11.8 Å². The first-order chi connectivity index (χ1) is 11.3. The maximum atomic E-state index is 12.6. The molecule has 24 heavy (non-hydrogen) atoms. The molecule has 0 saturated heterocycles. The van der Waals surface area contributed by atoms with E-state index < -0.39 is 5.60 Å². The minimum atomic E-state index is -0.493. The number of hydrogen-bond donors (Lipinski definition) is 0. The van der Waals surface area contributed by atoms with Crippen molar-refractivity contribution >= 4 is 29.3 Å². The average Bonchev–Trinajstić information content (AvgIpc) is 2.52. The van der Waals surface area contributed by atoms with Crippen LogP contribution in [-0.2, 0) is 16.0 Å². The van der Waals surface area contributed by atoms with Crippen molar-refractivity contribution < 1.29 is 9.53 Å². The van der Waals surface area contributed by atoms with Gasteiger partial charge in [0.15, 0.2) is 0 Å². The number of carbonyl (C=O) groups excluding carboxylic acids is 1. The maximum Gasteiger partial charge on any atom is 0.310 e. The fourth-order valence-corrected chi connectivity index (χ4v) is 3.45. The lowest BCUT2D eigenvalue weighted by Gasteiger charge is -2.24. The van der Waals surface area contributed by atoms with Crippen LogP contribution in [0.25, 0.3) is 0 Å². The molecule has 2 aromatic rings. The topological polar surface area (TPSA) is 26.3 Å². The van der Waals surface area contributed by atoms with Crippen LogP contribution in [0.5, 0.6) is 0 Å². The summed E-state index contributed by atoms with van der Waals surface area (Å²) in [5, 5.41) is 0.691. The molecule has 1 atom stereocenters. The van der Waals surface area contributed by atoms with Gasteiger partial charge in [0.25, 0.3) is 0 Å². The zero-order valence-corrected chi connectivity index (χ0v) is 15.9. The fraction of sp³-hybridized carbons (Fsp3) is 0.350. The van der Waals surface area contributed by atoms with E-state index in [4.69, 9.17) is 16.3 Å². The summed E-state index contributed by atoms with van der Waals surface area (Å²) < 4.78 is 5.61. The summed E-state index contributed by atoms with van der Waals surface area (Å²) >= 11 is 7.93. The van der Waals surface area contributed by atoms with Gasteiger partial charge in [-0.25, -0.2) is 0 Å². The molecule has 0 fully saturated rings. The molecule has 0 saturated carbocycles. The molecule has 0 aliphatic rings. The molecule has 2 rings (SSSR count). The predicted octanol–water partition coefficient (Wildman–Crippen LogP) is 5.63. The fourth-order valence-electron chi connectivity index (χ4n) is 2.24. The van der Waals surface area contributed by atoms with Crippen LogP contribution >= 0.6 is 23.4 Å². The van der Waals surface area contributed by atoms with Gasteiger partial charge in [-0.1, -0.05) is 48.0 Å². The standard InChI is InChI=1S/C20H23ClO2S/c1-20(2,3)23-19(22)16(13-15-9-7-8-12-18(15)21)14-24-17-10-5-4-6-11-17/h4-12,16H,13-14H2,1-3H3. The van der Waals surface area contributed by atoms with Gasteiger partial charge in [0.05, 0.1) is 5.92 Å². The van der Waals surface area contributed by atoms with E-state index >= 15 is 0 Å². The lowest BCUT2D eigenvalue weighted by atomic mass is 10.0. The molecule has 2 aromatic carbocycles. The van der Waals surface area contributed by atoms with Gasteiger partial charge in [0, 0.05) is 15.7 Å². The molecule has 128 valence electrons. The predicted molar refractivity (Wildman–Crippen MR) is 102 cm³/mol. The molecule has 2 nitrogen and oxygen atoms in total. The van der Waals surface area contributed by atoms with Gasteiger partial charge in [0.2, 0.25) is 0 Å². The van der Waals surface area contributed by atoms with Crippen LogP contribution in [0.1, 0.15) is 26.3 Å². The molecule has 0 spiro atoms. The highest BCUT2D eigenvalue weighted by Gasteiger charge is 2.26. The zero-order valence-electron chi connectivity index (χ0n) is 14.3. The number of halogens is 1. The Morgan fingerprint density at radius 2 is 1.71 bits per heavy atom. The molecule has 1 unspecified atom stereocenters. The molecule has 4 heteroatoms. The highest BCUT2D eigenvalue weighted by atomic mass is 35.5. The number of ether oxygens (including phenoxy) is 1. The molecule has 0 N–H and O–H groups in total. The maximum absolute atomic E-state index is 12.6. The Labute approximate surface area is 153 Å². The summed E-state index contributed by atoms with van der Waals surface area (Å²) in [4.78, 5) is 13.8. The Morgan fingerprint density at radius 3 is 2.33 bits per heavy atom. The summed E-state index contributed by atoms with van der Waals surface area (Å²) in [6, 6.07) is 17.7. The van der Waals surface area contributed by atoms with Crippen molar-refractivity contribution in [1.29, 1.82) is 0 Å². The summed E-state index contributed by atoms with van der Waals surface area (Å²) in [5.74, 6) is 0.240. The normalized spacial score (nSPS) is 12.7. The summed E-state index contributed by atoms with van der Waals surface area (Å²) in [6.07, 6.45) is 0.578. The first-order valence-electron chi connectivity index (χ1n) is 7.99. The van der Waals surface area contributed by atoms with Gasteiger partial charge < -0.3 is 4.74 Å². The van der Waals surface area contributed by atoms with E-state index in [-0.39, 0.29) is 11.9 Å². The van der Waals surface area contributed by atoms with Gasteiger partial charge in [-0.3, -0.25) is 4.79 Å². The lowest BCUT2D eigenvalue weighted by molar-refractivity contribution is -0.159. The Bertz CT molecular complexity index is 665. The second-order valence-corrected chi connectivity index (χ2v) is 8.15. The van der Waals surface area contributed by atoms with E-state index in [1.165, 1.54) is 0 Å². The largest absolute Gasteiger partial charge is 0.460 e. The molecular weight excluding hydrogens is 340 g/mol. The summed E-state index contributed by atoms with van der Waals surface area (Å²) in [7, 11) is 0. The Hall–Kier alpha value is -1.45. The quantitative estimate of drug-likeness (QED) is 0.492. The highest BCUT2D eigenvalue weighted by Crippen LogP contribution is 2.26. The van der Waals surface area contributed by atoms with Crippen molar-refractivity contribution in [3.8, 4) is 0 Å². The molecule has 0 radical (unpaired) electrons. The van der Waals surface area contributed by atoms with Crippen LogP contribution in [-0.4, -0.2) is 17.3 Å². The zero-order chi connectivity index (χ0) is 17.6. The van der Waals surface area contributed by atoms with Crippen molar-refractivity contribution in [2.24, 2.45) is 5.92 Å². The third-order valence-electron chi connectivity index (χ3n) is 3.36. The van der Waals surface area contributed by atoms with Crippen LogP contribution in [0.4, 0.5) is 0 Å². The Balaban J connectivity index is 2.11. The molecule has 0 amide bonds. The number of esters is 1. The van der Waals surface area contributed by atoms with Gasteiger partial charge in [-0.2, -0.15) is 0 Å². The summed E-state index contributed by atoms with van der Waals surface area (Å²) in [5.41, 5.74) is 0.483. The van der Waals surface area contributed by atoms with Crippen molar-refractivity contribution in [1.82, 2.24) is 0 Å². The number of carbonyl (C=O) groups is 1. The van der Waals surface area contributed by atoms with E-state index in [2.05, 4.69) is 0 Å². The first-order valence-corrected chi connectivity index (χ1v) is 9.35. The monoisotopic (exact) mass is 362 g/mol. The van der Waals surface area contributed by atoms with Crippen molar-refractivity contribution in [2.45, 2.75) is 37.7 Å². The molecular formula is C20H23ClO2S. The van der Waals surface area contributed by atoms with Crippen LogP contribution < -0.4 is 0 Å². The second kappa shape index (κ2) is 8.59. The SMILES string of the molecule is CC(C)(C)OC(=O)C(CSc1ccccc1)Cc1ccccc1Cl. The minimum absolute atomic E-state index is 0.175. The number of hydrogen-bond acceptors (Lipinski definition) is 3. The summed E-state index contributed by atoms with van der Waals surface area (Å²) in [6.45, 7) is 5.67. The van der Waals surface area contributed by atoms with Crippen LogP contribution in [0.15, 0.2) is 59.5 Å². The minimum Gasteiger partial charge on any atom is -0.460 e. The molecule has 0 aromatic heterocycles. The van der Waals surface area contributed by atoms with E-state index in [0.717, 1.165) is 10.5 Å². The molecule has 0 aliphatic carbocycles. The van der Waals surface area contributed by atoms with Crippen molar-refractivity contribution in [3.63, 3.8) is 0 Å². The van der Waals surface area contributed by atoms with Crippen LogP contribution in [0.2, 0.25) is 5.02 Å². The second-order valence-electron chi connectivity index (χ2n) is 6.65. The smallest absolute Gasteiger partial charge is 0.310 e. The number of rotatable bonds is 6. The Kier molecular flexibility index (Phi) is 6.76. The Morgan fingerprint density at radius 1 is 1.08 bits per heavy atom. The third-order valence-corrected chi connectivity index (χ3v) is 4.90.